The van der Waals surface area contributed by atoms with Crippen LogP contribution < -0.4 is 4.74 Å². The minimum absolute atomic E-state index is 0.163. The lowest BCUT2D eigenvalue weighted by Gasteiger charge is -2.24. The topological polar surface area (TPSA) is 59.0 Å². The maximum atomic E-state index is 11.1. The number of carboxylic acids is 1. The molecule has 1 aromatic carbocycles. The van der Waals surface area contributed by atoms with Crippen LogP contribution >= 0.6 is 0 Å². The zero-order chi connectivity index (χ0) is 13.5. The summed E-state index contributed by atoms with van der Waals surface area (Å²) in [4.78, 5) is 12.8. The van der Waals surface area contributed by atoms with Crippen molar-refractivity contribution in [2.24, 2.45) is 0 Å². The maximum absolute atomic E-state index is 11.1. The van der Waals surface area contributed by atoms with Crippen LogP contribution in [0, 0.1) is 0 Å². The molecule has 1 unspecified atom stereocenters. The van der Waals surface area contributed by atoms with Gasteiger partial charge in [0, 0.05) is 13.7 Å². The van der Waals surface area contributed by atoms with Crippen molar-refractivity contribution in [1.29, 1.82) is 0 Å². The zero-order valence-electron chi connectivity index (χ0n) is 10.9. The van der Waals surface area contributed by atoms with E-state index in [1.807, 2.05) is 24.3 Å². The standard InChI is InChI=1S/C13H19NO4/c1-14(12(9-17-2)13(15)16)8-10-5-4-6-11(7-10)18-3/h4-7,12H,8-9H2,1-3H3,(H,15,16). The van der Waals surface area contributed by atoms with E-state index in [1.54, 1.807) is 19.1 Å². The number of hydrogen-bond acceptors (Lipinski definition) is 4. The van der Waals surface area contributed by atoms with Crippen LogP contribution in [-0.4, -0.2) is 49.9 Å². The Labute approximate surface area is 107 Å². The molecule has 5 nitrogen and oxygen atoms in total. The molecule has 0 saturated heterocycles. The third-order valence-electron chi connectivity index (χ3n) is 2.71. The van der Waals surface area contributed by atoms with Gasteiger partial charge in [-0.1, -0.05) is 12.1 Å². The summed E-state index contributed by atoms with van der Waals surface area (Å²) in [5, 5.41) is 9.11. The third-order valence-corrected chi connectivity index (χ3v) is 2.71. The lowest BCUT2D eigenvalue weighted by atomic mass is 10.2. The first-order chi connectivity index (χ1) is 8.58. The number of nitrogens with zero attached hydrogens (tertiary/aromatic N) is 1. The summed E-state index contributed by atoms with van der Waals surface area (Å²) in [6.07, 6.45) is 0. The van der Waals surface area contributed by atoms with Crippen LogP contribution in [0.4, 0.5) is 0 Å². The number of benzene rings is 1. The van der Waals surface area contributed by atoms with Gasteiger partial charge in [0.2, 0.25) is 0 Å². The fraction of sp³-hybridized carbons (Fsp3) is 0.462. The normalized spacial score (nSPS) is 12.4. The molecule has 0 aliphatic carbocycles. The second kappa shape index (κ2) is 6.98. The van der Waals surface area contributed by atoms with E-state index in [0.717, 1.165) is 11.3 Å². The van der Waals surface area contributed by atoms with Crippen molar-refractivity contribution in [1.82, 2.24) is 4.90 Å². The largest absolute Gasteiger partial charge is 0.497 e. The highest BCUT2D eigenvalue weighted by atomic mass is 16.5. The van der Waals surface area contributed by atoms with Gasteiger partial charge in [-0.3, -0.25) is 9.69 Å². The molecule has 5 heteroatoms. The summed E-state index contributed by atoms with van der Waals surface area (Å²) in [7, 11) is 4.86. The zero-order valence-corrected chi connectivity index (χ0v) is 10.9. The fourth-order valence-electron chi connectivity index (χ4n) is 1.71. The Bertz CT molecular complexity index is 394. The van der Waals surface area contributed by atoms with Crippen LogP contribution in [0.1, 0.15) is 5.56 Å². The summed E-state index contributed by atoms with van der Waals surface area (Å²) in [6, 6.07) is 6.91. The Morgan fingerprint density at radius 2 is 2.17 bits per heavy atom. The minimum Gasteiger partial charge on any atom is -0.497 e. The predicted octanol–water partition coefficient (Wildman–Crippen LogP) is 1.23. The van der Waals surface area contributed by atoms with Gasteiger partial charge in [0.05, 0.1) is 13.7 Å². The van der Waals surface area contributed by atoms with Gasteiger partial charge in [-0.15, -0.1) is 0 Å². The Hall–Kier alpha value is -1.59. The highest BCUT2D eigenvalue weighted by molar-refractivity contribution is 5.73. The maximum Gasteiger partial charge on any atom is 0.323 e. The molecule has 18 heavy (non-hydrogen) atoms. The van der Waals surface area contributed by atoms with Gasteiger partial charge in [-0.25, -0.2) is 0 Å². The van der Waals surface area contributed by atoms with Crippen LogP contribution in [0.2, 0.25) is 0 Å². The van der Waals surface area contributed by atoms with Gasteiger partial charge < -0.3 is 14.6 Å². The van der Waals surface area contributed by atoms with Gasteiger partial charge in [0.25, 0.3) is 0 Å². The van der Waals surface area contributed by atoms with Crippen LogP contribution in [0.3, 0.4) is 0 Å². The molecule has 1 N–H and O–H groups in total. The SMILES string of the molecule is COCC(C(=O)O)N(C)Cc1cccc(OC)c1. The first-order valence-electron chi connectivity index (χ1n) is 5.63. The van der Waals surface area contributed by atoms with Crippen LogP contribution in [0.25, 0.3) is 0 Å². The van der Waals surface area contributed by atoms with Gasteiger partial charge in [-0.2, -0.15) is 0 Å². The summed E-state index contributed by atoms with van der Waals surface area (Å²) in [5.74, 6) is -0.123. The summed E-state index contributed by atoms with van der Waals surface area (Å²) >= 11 is 0. The lowest BCUT2D eigenvalue weighted by Crippen LogP contribution is -2.41. The van der Waals surface area contributed by atoms with Crippen molar-refractivity contribution in [3.8, 4) is 5.75 Å². The molecule has 1 atom stereocenters. The van der Waals surface area contributed by atoms with Crippen molar-refractivity contribution in [3.05, 3.63) is 29.8 Å². The van der Waals surface area contributed by atoms with Crippen molar-refractivity contribution >= 4 is 5.97 Å². The average molecular weight is 253 g/mol. The molecule has 0 bridgehead atoms. The number of methoxy groups -OCH3 is 2. The molecule has 0 aliphatic rings. The summed E-state index contributed by atoms with van der Waals surface area (Å²) in [6.45, 7) is 0.688. The number of carboxylic acid groups (broad SMARTS) is 1. The second-order valence-electron chi connectivity index (χ2n) is 4.08. The first-order valence-corrected chi connectivity index (χ1v) is 5.63. The molecule has 0 spiro atoms. The number of carbonyl (C=O) groups is 1. The molecule has 1 rings (SSSR count). The molecular formula is C13H19NO4. The molecule has 100 valence electrons. The minimum atomic E-state index is -0.887. The van der Waals surface area contributed by atoms with Crippen LogP contribution in [-0.2, 0) is 16.1 Å². The highest BCUT2D eigenvalue weighted by Gasteiger charge is 2.22. The Balaban J connectivity index is 2.72. The van der Waals surface area contributed by atoms with Gasteiger partial charge in [-0.05, 0) is 24.7 Å². The second-order valence-corrected chi connectivity index (χ2v) is 4.08. The highest BCUT2D eigenvalue weighted by Crippen LogP contribution is 2.14. The van der Waals surface area contributed by atoms with E-state index in [1.165, 1.54) is 7.11 Å². The van der Waals surface area contributed by atoms with E-state index < -0.39 is 12.0 Å². The Kier molecular flexibility index (Phi) is 5.61. The molecule has 1 aromatic rings. The number of hydrogen-bond donors (Lipinski definition) is 1. The van der Waals surface area contributed by atoms with E-state index >= 15 is 0 Å². The van der Waals surface area contributed by atoms with Gasteiger partial charge >= 0.3 is 5.97 Å². The van der Waals surface area contributed by atoms with E-state index in [-0.39, 0.29) is 6.61 Å². The fourth-order valence-corrected chi connectivity index (χ4v) is 1.71. The van der Waals surface area contributed by atoms with Gasteiger partial charge in [0.1, 0.15) is 11.8 Å². The van der Waals surface area contributed by atoms with E-state index in [2.05, 4.69) is 0 Å². The molecule has 0 amide bonds. The van der Waals surface area contributed by atoms with Crippen molar-refractivity contribution in [2.75, 3.05) is 27.9 Å². The van der Waals surface area contributed by atoms with Crippen LogP contribution in [0.5, 0.6) is 5.75 Å². The monoisotopic (exact) mass is 253 g/mol. The average Bonchev–Trinajstić information content (AvgIpc) is 2.35. The Morgan fingerprint density at radius 3 is 2.72 bits per heavy atom. The van der Waals surface area contributed by atoms with Crippen molar-refractivity contribution < 1.29 is 19.4 Å². The molecular weight excluding hydrogens is 234 g/mol. The molecule has 0 saturated carbocycles. The number of likely N-dealkylation sites (N-methyl/N-ethyl adjacent to an activating group) is 1. The van der Waals surface area contributed by atoms with Crippen LogP contribution in [0.15, 0.2) is 24.3 Å². The van der Waals surface area contributed by atoms with Crippen molar-refractivity contribution in [2.45, 2.75) is 12.6 Å². The molecule has 0 heterocycles. The number of ether oxygens (including phenoxy) is 2. The molecule has 0 fully saturated rings. The summed E-state index contributed by atoms with van der Waals surface area (Å²) in [5.41, 5.74) is 0.999. The van der Waals surface area contributed by atoms with Crippen molar-refractivity contribution in [3.63, 3.8) is 0 Å². The number of rotatable bonds is 7. The van der Waals surface area contributed by atoms with Gasteiger partial charge in [0.15, 0.2) is 0 Å². The molecule has 0 aliphatic heterocycles. The van der Waals surface area contributed by atoms with E-state index in [0.29, 0.717) is 6.54 Å². The molecule has 0 radical (unpaired) electrons. The Morgan fingerprint density at radius 1 is 1.44 bits per heavy atom. The first kappa shape index (κ1) is 14.5. The smallest absolute Gasteiger partial charge is 0.323 e. The van der Waals surface area contributed by atoms with E-state index in [9.17, 15) is 4.79 Å². The lowest BCUT2D eigenvalue weighted by molar-refractivity contribution is -0.144. The number of aliphatic carboxylic acids is 1. The molecule has 0 aromatic heterocycles. The quantitative estimate of drug-likeness (QED) is 0.792. The third kappa shape index (κ3) is 4.01. The van der Waals surface area contributed by atoms with E-state index in [4.69, 9.17) is 14.6 Å². The predicted molar refractivity (Wildman–Crippen MR) is 67.8 cm³/mol. The summed E-state index contributed by atoms with van der Waals surface area (Å²) < 4.78 is 10.1.